The molecule has 0 fully saturated rings. The molecule has 1 atom stereocenters. The summed E-state index contributed by atoms with van der Waals surface area (Å²) in [6.45, 7) is 2.08. The number of rotatable bonds is 4. The summed E-state index contributed by atoms with van der Waals surface area (Å²) < 4.78 is 7.17. The van der Waals surface area contributed by atoms with Gasteiger partial charge < -0.3 is 10.2 Å². The van der Waals surface area contributed by atoms with Crippen molar-refractivity contribution >= 4 is 11.6 Å². The highest BCUT2D eigenvalue weighted by Crippen LogP contribution is 2.21. The van der Waals surface area contributed by atoms with Crippen LogP contribution < -0.4 is 5.73 Å². The molecule has 0 amide bonds. The van der Waals surface area contributed by atoms with Crippen LogP contribution in [0.3, 0.4) is 0 Å². The van der Waals surface area contributed by atoms with Crippen LogP contribution in [0.25, 0.3) is 0 Å². The number of furan rings is 1. The molecule has 2 heterocycles. The van der Waals surface area contributed by atoms with Crippen molar-refractivity contribution in [3.8, 4) is 0 Å². The van der Waals surface area contributed by atoms with Crippen LogP contribution in [0.1, 0.15) is 30.1 Å². The summed E-state index contributed by atoms with van der Waals surface area (Å²) >= 11 is 5.73. The van der Waals surface area contributed by atoms with E-state index in [0.29, 0.717) is 17.4 Å². The molecular formula is C12H16ClN3O. The van der Waals surface area contributed by atoms with E-state index in [0.717, 1.165) is 17.8 Å². The zero-order chi connectivity index (χ0) is 12.4. The lowest BCUT2D eigenvalue weighted by molar-refractivity contribution is 0.460. The van der Waals surface area contributed by atoms with E-state index in [2.05, 4.69) is 18.1 Å². The predicted octanol–water partition coefficient (Wildman–Crippen LogP) is 2.47. The first-order valence-corrected chi connectivity index (χ1v) is 6.00. The van der Waals surface area contributed by atoms with Gasteiger partial charge in [0.1, 0.15) is 5.76 Å². The third-order valence-corrected chi connectivity index (χ3v) is 2.98. The van der Waals surface area contributed by atoms with E-state index in [1.54, 1.807) is 6.07 Å². The molecule has 2 rings (SSSR count). The first-order valence-electron chi connectivity index (χ1n) is 5.62. The molecule has 2 N–H and O–H groups in total. The summed E-state index contributed by atoms with van der Waals surface area (Å²) in [4.78, 5) is 0. The standard InChI is InChI=1S/C12H16ClN3O/c1-3-8-6-9(16(2)15-8)7-10(14)11-4-5-12(13)17-11/h4-6,10H,3,7,14H2,1-2H3. The monoisotopic (exact) mass is 253 g/mol. The molecule has 5 heteroatoms. The average molecular weight is 254 g/mol. The van der Waals surface area contributed by atoms with E-state index >= 15 is 0 Å². The lowest BCUT2D eigenvalue weighted by Crippen LogP contribution is -2.14. The largest absolute Gasteiger partial charge is 0.448 e. The number of hydrogen-bond acceptors (Lipinski definition) is 3. The summed E-state index contributed by atoms with van der Waals surface area (Å²) in [5.74, 6) is 0.703. The highest BCUT2D eigenvalue weighted by molar-refractivity contribution is 6.28. The molecule has 2 aromatic rings. The van der Waals surface area contributed by atoms with Gasteiger partial charge in [-0.05, 0) is 36.2 Å². The number of halogens is 1. The van der Waals surface area contributed by atoms with E-state index in [4.69, 9.17) is 21.8 Å². The SMILES string of the molecule is CCc1cc(CC(N)c2ccc(Cl)o2)n(C)n1. The fraction of sp³-hybridized carbons (Fsp3) is 0.417. The van der Waals surface area contributed by atoms with Crippen molar-refractivity contribution in [3.63, 3.8) is 0 Å². The normalized spacial score (nSPS) is 12.9. The minimum absolute atomic E-state index is 0.192. The molecule has 17 heavy (non-hydrogen) atoms. The smallest absolute Gasteiger partial charge is 0.193 e. The maximum atomic E-state index is 6.07. The first-order chi connectivity index (χ1) is 8.10. The van der Waals surface area contributed by atoms with Crippen LogP contribution in [0.15, 0.2) is 22.6 Å². The van der Waals surface area contributed by atoms with Crippen LogP contribution in [0.4, 0.5) is 0 Å². The van der Waals surface area contributed by atoms with Crippen molar-refractivity contribution in [3.05, 3.63) is 40.6 Å². The Morgan fingerprint density at radius 1 is 1.53 bits per heavy atom. The summed E-state index contributed by atoms with van der Waals surface area (Å²) in [5.41, 5.74) is 8.24. The highest BCUT2D eigenvalue weighted by Gasteiger charge is 2.14. The Hall–Kier alpha value is -1.26. The van der Waals surface area contributed by atoms with Gasteiger partial charge in [-0.2, -0.15) is 5.10 Å². The van der Waals surface area contributed by atoms with Crippen molar-refractivity contribution in [2.24, 2.45) is 12.8 Å². The molecule has 0 spiro atoms. The third kappa shape index (κ3) is 2.70. The van der Waals surface area contributed by atoms with Crippen molar-refractivity contribution in [2.75, 3.05) is 0 Å². The quantitative estimate of drug-likeness (QED) is 0.911. The number of hydrogen-bond donors (Lipinski definition) is 1. The van der Waals surface area contributed by atoms with Gasteiger partial charge in [0, 0.05) is 19.2 Å². The van der Waals surface area contributed by atoms with Crippen molar-refractivity contribution in [2.45, 2.75) is 25.8 Å². The highest BCUT2D eigenvalue weighted by atomic mass is 35.5. The molecule has 0 saturated carbocycles. The Labute approximate surface area is 105 Å². The second kappa shape index (κ2) is 4.94. The van der Waals surface area contributed by atoms with Crippen molar-refractivity contribution < 1.29 is 4.42 Å². The lowest BCUT2D eigenvalue weighted by Gasteiger charge is -2.08. The molecule has 0 aliphatic heterocycles. The van der Waals surface area contributed by atoms with E-state index < -0.39 is 0 Å². The summed E-state index contributed by atoms with van der Waals surface area (Å²) in [5, 5.41) is 4.76. The third-order valence-electron chi connectivity index (χ3n) is 2.78. The molecule has 0 saturated heterocycles. The zero-order valence-electron chi connectivity index (χ0n) is 9.98. The summed E-state index contributed by atoms with van der Waals surface area (Å²) in [6.07, 6.45) is 1.61. The Morgan fingerprint density at radius 3 is 2.82 bits per heavy atom. The van der Waals surface area contributed by atoms with Gasteiger partial charge in [-0.3, -0.25) is 4.68 Å². The van der Waals surface area contributed by atoms with Gasteiger partial charge in [0.05, 0.1) is 11.7 Å². The number of nitrogens with two attached hydrogens (primary N) is 1. The fourth-order valence-corrected chi connectivity index (χ4v) is 1.94. The second-order valence-corrected chi connectivity index (χ2v) is 4.43. The van der Waals surface area contributed by atoms with Gasteiger partial charge in [0.2, 0.25) is 0 Å². The topological polar surface area (TPSA) is 57.0 Å². The Kier molecular flexibility index (Phi) is 3.54. The Morgan fingerprint density at radius 2 is 2.29 bits per heavy atom. The maximum absolute atomic E-state index is 6.07. The molecule has 92 valence electrons. The molecule has 0 bridgehead atoms. The molecular weight excluding hydrogens is 238 g/mol. The van der Waals surface area contributed by atoms with Crippen molar-refractivity contribution in [1.29, 1.82) is 0 Å². The predicted molar refractivity (Wildman–Crippen MR) is 66.9 cm³/mol. The van der Waals surface area contributed by atoms with E-state index in [-0.39, 0.29) is 6.04 Å². The minimum Gasteiger partial charge on any atom is -0.448 e. The van der Waals surface area contributed by atoms with E-state index in [1.165, 1.54) is 0 Å². The second-order valence-electron chi connectivity index (χ2n) is 4.06. The van der Waals surface area contributed by atoms with Crippen LogP contribution in [0.2, 0.25) is 5.22 Å². The maximum Gasteiger partial charge on any atom is 0.193 e. The van der Waals surface area contributed by atoms with Gasteiger partial charge in [0.15, 0.2) is 5.22 Å². The molecule has 0 aliphatic rings. The van der Waals surface area contributed by atoms with Gasteiger partial charge in [-0.15, -0.1) is 0 Å². The van der Waals surface area contributed by atoms with Gasteiger partial charge in [-0.25, -0.2) is 0 Å². The molecule has 2 aromatic heterocycles. The zero-order valence-corrected chi connectivity index (χ0v) is 10.7. The minimum atomic E-state index is -0.192. The van der Waals surface area contributed by atoms with Crippen LogP contribution in [-0.2, 0) is 19.9 Å². The van der Waals surface area contributed by atoms with E-state index in [1.807, 2.05) is 17.8 Å². The molecule has 0 aromatic carbocycles. The van der Waals surface area contributed by atoms with Crippen LogP contribution in [-0.4, -0.2) is 9.78 Å². The number of aromatic nitrogens is 2. The molecule has 0 radical (unpaired) electrons. The average Bonchev–Trinajstić information content (AvgIpc) is 2.86. The number of nitrogens with zero attached hydrogens (tertiary/aromatic N) is 2. The molecule has 1 unspecified atom stereocenters. The Balaban J connectivity index is 2.12. The van der Waals surface area contributed by atoms with Crippen molar-refractivity contribution in [1.82, 2.24) is 9.78 Å². The lowest BCUT2D eigenvalue weighted by atomic mass is 10.1. The first kappa shape index (κ1) is 12.2. The van der Waals surface area contributed by atoms with Crippen LogP contribution in [0, 0.1) is 0 Å². The number of aryl methyl sites for hydroxylation is 2. The van der Waals surface area contributed by atoms with Crippen LogP contribution in [0.5, 0.6) is 0 Å². The van der Waals surface area contributed by atoms with Crippen LogP contribution >= 0.6 is 11.6 Å². The summed E-state index contributed by atoms with van der Waals surface area (Å²) in [7, 11) is 1.93. The summed E-state index contributed by atoms with van der Waals surface area (Å²) in [6, 6.07) is 5.40. The Bertz CT molecular complexity index is 504. The van der Waals surface area contributed by atoms with Gasteiger partial charge >= 0.3 is 0 Å². The van der Waals surface area contributed by atoms with Gasteiger partial charge in [0.25, 0.3) is 0 Å². The fourth-order valence-electron chi connectivity index (χ4n) is 1.79. The van der Waals surface area contributed by atoms with E-state index in [9.17, 15) is 0 Å². The molecule has 4 nitrogen and oxygen atoms in total. The molecule has 0 aliphatic carbocycles. The van der Waals surface area contributed by atoms with Gasteiger partial charge in [-0.1, -0.05) is 6.92 Å².